The molecule has 0 aromatic carbocycles. The van der Waals surface area contributed by atoms with Gasteiger partial charge < -0.3 is 5.32 Å². The normalized spacial score (nSPS) is 31.1. The van der Waals surface area contributed by atoms with Crippen LogP contribution in [0.4, 0.5) is 0 Å². The van der Waals surface area contributed by atoms with Crippen molar-refractivity contribution in [3.8, 4) is 0 Å². The molecule has 0 radical (unpaired) electrons. The molecule has 0 bridgehead atoms. The second-order valence-corrected chi connectivity index (χ2v) is 7.18. The van der Waals surface area contributed by atoms with Gasteiger partial charge in [-0.05, 0) is 17.7 Å². The lowest BCUT2D eigenvalue weighted by atomic mass is 10.1. The maximum Gasteiger partial charge on any atom is 0.153 e. The van der Waals surface area contributed by atoms with E-state index in [9.17, 15) is 8.42 Å². The molecule has 1 aromatic rings. The standard InChI is InChI=1S/C12H17N3O2S/c16-18(17)8-11-12(9-18)15(6-5-14-11)7-10-1-3-13-4-2-10/h1-4,11-12,14H,5-9H2/t11-,12-/m1/s1. The summed E-state index contributed by atoms with van der Waals surface area (Å²) in [5, 5.41) is 3.32. The van der Waals surface area contributed by atoms with Crippen molar-refractivity contribution in [1.82, 2.24) is 15.2 Å². The van der Waals surface area contributed by atoms with Crippen LogP contribution in [0.15, 0.2) is 24.5 Å². The van der Waals surface area contributed by atoms with E-state index in [-0.39, 0.29) is 23.6 Å². The number of fused-ring (bicyclic) bond motifs is 1. The van der Waals surface area contributed by atoms with Crippen molar-refractivity contribution in [3.05, 3.63) is 30.1 Å². The predicted octanol–water partition coefficient (Wildman–Crippen LogP) is -0.348. The van der Waals surface area contributed by atoms with E-state index in [1.165, 1.54) is 5.56 Å². The van der Waals surface area contributed by atoms with E-state index >= 15 is 0 Å². The maximum atomic E-state index is 11.7. The molecule has 0 saturated carbocycles. The van der Waals surface area contributed by atoms with Crippen molar-refractivity contribution in [1.29, 1.82) is 0 Å². The lowest BCUT2D eigenvalue weighted by Gasteiger charge is -2.37. The Morgan fingerprint density at radius 2 is 2.11 bits per heavy atom. The van der Waals surface area contributed by atoms with E-state index < -0.39 is 9.84 Å². The highest BCUT2D eigenvalue weighted by molar-refractivity contribution is 7.91. The van der Waals surface area contributed by atoms with Gasteiger partial charge in [0.25, 0.3) is 0 Å². The third kappa shape index (κ3) is 2.41. The summed E-state index contributed by atoms with van der Waals surface area (Å²) in [6.07, 6.45) is 3.56. The summed E-state index contributed by atoms with van der Waals surface area (Å²) >= 11 is 0. The number of aromatic nitrogens is 1. The van der Waals surface area contributed by atoms with Crippen LogP contribution in [-0.4, -0.2) is 55.0 Å². The molecule has 3 heterocycles. The van der Waals surface area contributed by atoms with Crippen molar-refractivity contribution in [3.63, 3.8) is 0 Å². The summed E-state index contributed by atoms with van der Waals surface area (Å²) in [7, 11) is -2.87. The average molecular weight is 267 g/mol. The minimum Gasteiger partial charge on any atom is -0.310 e. The molecular weight excluding hydrogens is 250 g/mol. The van der Waals surface area contributed by atoms with E-state index in [2.05, 4.69) is 15.2 Å². The Hall–Kier alpha value is -0.980. The van der Waals surface area contributed by atoms with Gasteiger partial charge in [-0.2, -0.15) is 0 Å². The molecule has 6 heteroatoms. The molecule has 1 N–H and O–H groups in total. The van der Waals surface area contributed by atoms with Crippen LogP contribution >= 0.6 is 0 Å². The molecule has 0 spiro atoms. The molecule has 2 aliphatic rings. The number of hydrogen-bond donors (Lipinski definition) is 1. The van der Waals surface area contributed by atoms with Gasteiger partial charge in [-0.3, -0.25) is 9.88 Å². The number of sulfone groups is 1. The van der Waals surface area contributed by atoms with Gasteiger partial charge in [-0.15, -0.1) is 0 Å². The van der Waals surface area contributed by atoms with E-state index in [4.69, 9.17) is 0 Å². The van der Waals surface area contributed by atoms with Crippen LogP contribution in [0, 0.1) is 0 Å². The van der Waals surface area contributed by atoms with Crippen LogP contribution in [0.25, 0.3) is 0 Å². The predicted molar refractivity (Wildman–Crippen MR) is 68.9 cm³/mol. The van der Waals surface area contributed by atoms with Crippen LogP contribution in [0.3, 0.4) is 0 Å². The van der Waals surface area contributed by atoms with Gasteiger partial charge in [0.1, 0.15) is 0 Å². The van der Waals surface area contributed by atoms with Crippen molar-refractivity contribution in [2.24, 2.45) is 0 Å². The summed E-state index contributed by atoms with van der Waals surface area (Å²) in [5.41, 5.74) is 1.19. The number of rotatable bonds is 2. The topological polar surface area (TPSA) is 62.3 Å². The molecule has 5 nitrogen and oxygen atoms in total. The fraction of sp³-hybridized carbons (Fsp3) is 0.583. The van der Waals surface area contributed by atoms with E-state index in [1.54, 1.807) is 12.4 Å². The molecule has 0 aliphatic carbocycles. The first-order valence-electron chi connectivity index (χ1n) is 6.21. The van der Waals surface area contributed by atoms with Gasteiger partial charge >= 0.3 is 0 Å². The highest BCUT2D eigenvalue weighted by Crippen LogP contribution is 2.22. The van der Waals surface area contributed by atoms with Crippen molar-refractivity contribution in [2.75, 3.05) is 24.6 Å². The van der Waals surface area contributed by atoms with Crippen LogP contribution in [-0.2, 0) is 16.4 Å². The molecule has 2 saturated heterocycles. The van der Waals surface area contributed by atoms with Gasteiger partial charge in [0, 0.05) is 44.1 Å². The van der Waals surface area contributed by atoms with Gasteiger partial charge in [-0.25, -0.2) is 8.42 Å². The molecule has 0 unspecified atom stereocenters. The van der Waals surface area contributed by atoms with Crippen molar-refractivity contribution in [2.45, 2.75) is 18.6 Å². The zero-order chi connectivity index (χ0) is 12.6. The number of nitrogens with zero attached hydrogens (tertiary/aromatic N) is 2. The van der Waals surface area contributed by atoms with E-state index in [1.807, 2.05) is 12.1 Å². The summed E-state index contributed by atoms with van der Waals surface area (Å²) in [6, 6.07) is 4.20. The first-order valence-corrected chi connectivity index (χ1v) is 8.03. The smallest absolute Gasteiger partial charge is 0.153 e. The monoisotopic (exact) mass is 267 g/mol. The first kappa shape index (κ1) is 12.1. The van der Waals surface area contributed by atoms with E-state index in [0.29, 0.717) is 0 Å². The fourth-order valence-corrected chi connectivity index (χ4v) is 4.85. The molecule has 1 aromatic heterocycles. The van der Waals surface area contributed by atoms with Gasteiger partial charge in [-0.1, -0.05) is 0 Å². The minimum absolute atomic E-state index is 0.102. The third-order valence-electron chi connectivity index (χ3n) is 3.73. The molecule has 18 heavy (non-hydrogen) atoms. The maximum absolute atomic E-state index is 11.7. The Morgan fingerprint density at radius 3 is 2.89 bits per heavy atom. The fourth-order valence-electron chi connectivity index (χ4n) is 2.86. The van der Waals surface area contributed by atoms with Crippen molar-refractivity contribution >= 4 is 9.84 Å². The Morgan fingerprint density at radius 1 is 1.33 bits per heavy atom. The van der Waals surface area contributed by atoms with Gasteiger partial charge in [0.15, 0.2) is 9.84 Å². The zero-order valence-electron chi connectivity index (χ0n) is 10.1. The average Bonchev–Trinajstić information content (AvgIpc) is 2.66. The number of pyridine rings is 1. The molecule has 98 valence electrons. The Labute approximate surface area is 107 Å². The molecular formula is C12H17N3O2S. The number of nitrogens with one attached hydrogen (secondary N) is 1. The molecule has 3 rings (SSSR count). The highest BCUT2D eigenvalue weighted by atomic mass is 32.2. The Balaban J connectivity index is 1.76. The second kappa shape index (κ2) is 4.60. The SMILES string of the molecule is O=S1(=O)C[C@@H]2[C@@H](C1)NCCN2Cc1ccncc1. The molecule has 0 amide bonds. The summed E-state index contributed by atoms with van der Waals surface area (Å²) in [6.45, 7) is 2.57. The van der Waals surface area contributed by atoms with Crippen LogP contribution < -0.4 is 5.32 Å². The van der Waals surface area contributed by atoms with Crippen molar-refractivity contribution < 1.29 is 8.42 Å². The first-order chi connectivity index (χ1) is 8.64. The largest absolute Gasteiger partial charge is 0.310 e. The molecule has 2 atom stereocenters. The third-order valence-corrected chi connectivity index (χ3v) is 5.45. The lowest BCUT2D eigenvalue weighted by Crippen LogP contribution is -2.56. The zero-order valence-corrected chi connectivity index (χ0v) is 10.9. The number of piperazine rings is 1. The summed E-state index contributed by atoms with van der Waals surface area (Å²) < 4.78 is 23.4. The summed E-state index contributed by atoms with van der Waals surface area (Å²) in [4.78, 5) is 6.28. The lowest BCUT2D eigenvalue weighted by molar-refractivity contribution is 0.141. The highest BCUT2D eigenvalue weighted by Gasteiger charge is 2.42. The van der Waals surface area contributed by atoms with E-state index in [0.717, 1.165) is 19.6 Å². The molecule has 2 fully saturated rings. The molecule has 2 aliphatic heterocycles. The second-order valence-electron chi connectivity index (χ2n) is 5.03. The minimum atomic E-state index is -2.87. The Kier molecular flexibility index (Phi) is 3.09. The van der Waals surface area contributed by atoms with Gasteiger partial charge in [0.2, 0.25) is 0 Å². The Bertz CT molecular complexity index is 517. The van der Waals surface area contributed by atoms with Crippen LogP contribution in [0.5, 0.6) is 0 Å². The number of hydrogen-bond acceptors (Lipinski definition) is 5. The van der Waals surface area contributed by atoms with Crippen LogP contribution in [0.1, 0.15) is 5.56 Å². The van der Waals surface area contributed by atoms with Gasteiger partial charge in [0.05, 0.1) is 11.5 Å². The van der Waals surface area contributed by atoms with Crippen LogP contribution in [0.2, 0.25) is 0 Å². The summed E-state index contributed by atoms with van der Waals surface area (Å²) in [5.74, 6) is 0.570. The quantitative estimate of drug-likeness (QED) is 0.794.